The molecule has 0 aromatic rings. The highest BCUT2D eigenvalue weighted by Crippen LogP contribution is 2.23. The number of halogens is 1. The van der Waals surface area contributed by atoms with Crippen molar-refractivity contribution in [2.45, 2.75) is 30.7 Å². The molecule has 0 radical (unpaired) electrons. The maximum absolute atomic E-state index is 9.38. The van der Waals surface area contributed by atoms with Gasteiger partial charge in [-0.1, -0.05) is 0 Å². The molecule has 4 N–H and O–H groups in total. The Morgan fingerprint density at radius 3 is 2.31 bits per heavy atom. The molecule has 0 unspecified atom stereocenters. The second-order valence-electron chi connectivity index (χ2n) is 2.78. The van der Waals surface area contributed by atoms with Crippen LogP contribution in [0, 0.1) is 0 Å². The van der Waals surface area contributed by atoms with Gasteiger partial charge in [-0.25, -0.2) is 0 Å². The number of ether oxygens (including phenoxy) is 1. The summed E-state index contributed by atoms with van der Waals surface area (Å²) in [5, 5.41) is 36.6. The van der Waals surface area contributed by atoms with E-state index < -0.39 is 37.3 Å². The van der Waals surface area contributed by atoms with E-state index in [-0.39, 0.29) is 0 Å². The lowest BCUT2D eigenvalue weighted by molar-refractivity contribution is -0.275. The largest absolute Gasteiger partial charge is 0.394 e. The average Bonchev–Trinajstić information content (AvgIpc) is 2.12. The summed E-state index contributed by atoms with van der Waals surface area (Å²) in [7, 11) is 0. The fourth-order valence-corrected chi connectivity index (χ4v) is 1.72. The minimum absolute atomic E-state index is 0.469. The molecule has 1 aliphatic rings. The summed E-state index contributed by atoms with van der Waals surface area (Å²) in [5.74, 6) is 0. The van der Waals surface area contributed by atoms with Crippen LogP contribution in [0.4, 0.5) is 0 Å². The van der Waals surface area contributed by atoms with Crippen LogP contribution in [0.15, 0.2) is 0 Å². The van der Waals surface area contributed by atoms with E-state index in [2.05, 4.69) is 3.07 Å². The highest BCUT2D eigenvalue weighted by molar-refractivity contribution is 14.1. The quantitative estimate of drug-likeness (QED) is 0.447. The van der Waals surface area contributed by atoms with Crippen LogP contribution in [0.2, 0.25) is 0 Å². The van der Waals surface area contributed by atoms with Crippen LogP contribution in [-0.2, 0) is 7.80 Å². The fourth-order valence-electron chi connectivity index (χ4n) is 1.17. The van der Waals surface area contributed by atoms with Gasteiger partial charge in [0, 0.05) is 0 Å². The highest BCUT2D eigenvalue weighted by Gasteiger charge is 2.44. The molecule has 0 aromatic heterocycles. The van der Waals surface area contributed by atoms with Gasteiger partial charge in [-0.05, 0) is 0 Å². The summed E-state index contributed by atoms with van der Waals surface area (Å²) in [6.07, 6.45) is -5.84. The monoisotopic (exact) mass is 306 g/mol. The first-order chi connectivity index (χ1) is 6.11. The Labute approximate surface area is 88.8 Å². The van der Waals surface area contributed by atoms with Gasteiger partial charge >= 0.3 is 0 Å². The zero-order valence-corrected chi connectivity index (χ0v) is 8.73. The van der Waals surface area contributed by atoms with Crippen molar-refractivity contribution in [1.29, 1.82) is 0 Å². The second-order valence-corrected chi connectivity index (χ2v) is 3.29. The van der Waals surface area contributed by atoms with Crippen LogP contribution in [0.1, 0.15) is 0 Å². The van der Waals surface area contributed by atoms with E-state index in [9.17, 15) is 15.3 Å². The second kappa shape index (κ2) is 4.82. The van der Waals surface area contributed by atoms with Gasteiger partial charge in [-0.15, -0.1) is 0 Å². The van der Waals surface area contributed by atoms with Gasteiger partial charge in [0.15, 0.2) is 6.29 Å². The first kappa shape index (κ1) is 11.6. The van der Waals surface area contributed by atoms with Crippen molar-refractivity contribution in [3.8, 4) is 0 Å². The van der Waals surface area contributed by atoms with E-state index >= 15 is 0 Å². The van der Waals surface area contributed by atoms with Gasteiger partial charge in [0.05, 0.1) is 6.61 Å². The SMILES string of the molecule is OC[C@H]1O[C@H](O)[C@@H](OI)[C@@H](O)[C@@H]1O. The molecule has 7 heteroatoms. The predicted octanol–water partition coefficient (Wildman–Crippen LogP) is -1.85. The lowest BCUT2D eigenvalue weighted by Crippen LogP contribution is -2.58. The van der Waals surface area contributed by atoms with E-state index in [4.69, 9.17) is 9.84 Å². The van der Waals surface area contributed by atoms with Crippen molar-refractivity contribution in [2.24, 2.45) is 0 Å². The van der Waals surface area contributed by atoms with Crippen molar-refractivity contribution in [3.05, 3.63) is 0 Å². The third-order valence-electron chi connectivity index (χ3n) is 1.95. The lowest BCUT2D eigenvalue weighted by Gasteiger charge is -2.38. The van der Waals surface area contributed by atoms with E-state index in [1.807, 2.05) is 0 Å². The third-order valence-corrected chi connectivity index (χ3v) is 2.53. The van der Waals surface area contributed by atoms with Crippen LogP contribution in [0.25, 0.3) is 0 Å². The van der Waals surface area contributed by atoms with Gasteiger partial charge < -0.3 is 28.2 Å². The molecule has 1 rings (SSSR count). The molecule has 0 saturated carbocycles. The molecule has 0 aliphatic carbocycles. The molecule has 0 bridgehead atoms. The van der Waals surface area contributed by atoms with Gasteiger partial charge in [0.25, 0.3) is 0 Å². The Morgan fingerprint density at radius 2 is 1.85 bits per heavy atom. The van der Waals surface area contributed by atoms with E-state index in [1.54, 1.807) is 0 Å². The van der Waals surface area contributed by atoms with Crippen LogP contribution in [0.5, 0.6) is 0 Å². The first-order valence-corrected chi connectivity index (χ1v) is 4.57. The van der Waals surface area contributed by atoms with Crippen LogP contribution >= 0.6 is 23.0 Å². The smallest absolute Gasteiger partial charge is 0.185 e. The van der Waals surface area contributed by atoms with Crippen molar-refractivity contribution in [2.75, 3.05) is 6.61 Å². The van der Waals surface area contributed by atoms with Crippen LogP contribution in [0.3, 0.4) is 0 Å². The van der Waals surface area contributed by atoms with Crippen LogP contribution < -0.4 is 0 Å². The molecule has 0 aromatic carbocycles. The van der Waals surface area contributed by atoms with Crippen molar-refractivity contribution in [3.63, 3.8) is 0 Å². The Hall–Kier alpha value is 0.490. The van der Waals surface area contributed by atoms with E-state index in [0.29, 0.717) is 0 Å². The first-order valence-electron chi connectivity index (χ1n) is 3.69. The number of rotatable bonds is 2. The molecular formula is C6H11IO6. The van der Waals surface area contributed by atoms with E-state index in [1.165, 1.54) is 23.0 Å². The Kier molecular flexibility index (Phi) is 4.29. The topological polar surface area (TPSA) is 99.4 Å². The highest BCUT2D eigenvalue weighted by atomic mass is 127. The Bertz CT molecular complexity index is 167. The van der Waals surface area contributed by atoms with Gasteiger partial charge in [-0.2, -0.15) is 0 Å². The van der Waals surface area contributed by atoms with Crippen molar-refractivity contribution < 1.29 is 28.2 Å². The number of aliphatic hydroxyl groups is 4. The van der Waals surface area contributed by atoms with Gasteiger partial charge in [-0.3, -0.25) is 0 Å². The molecule has 1 fully saturated rings. The summed E-state index contributed by atoms with van der Waals surface area (Å²) in [4.78, 5) is 0. The number of aliphatic hydroxyl groups excluding tert-OH is 4. The summed E-state index contributed by atoms with van der Waals surface area (Å²) in [6, 6.07) is 0. The van der Waals surface area contributed by atoms with Crippen molar-refractivity contribution >= 4 is 23.0 Å². The van der Waals surface area contributed by atoms with E-state index in [0.717, 1.165) is 0 Å². The molecule has 5 atom stereocenters. The lowest BCUT2D eigenvalue weighted by atomic mass is 10.00. The van der Waals surface area contributed by atoms with Crippen LogP contribution in [-0.4, -0.2) is 57.7 Å². The summed E-state index contributed by atoms with van der Waals surface area (Å²) in [6.45, 7) is -0.469. The molecule has 1 aliphatic heterocycles. The molecule has 6 nitrogen and oxygen atoms in total. The summed E-state index contributed by atoms with van der Waals surface area (Å²) < 4.78 is 9.47. The minimum Gasteiger partial charge on any atom is -0.394 e. The third kappa shape index (κ3) is 2.29. The maximum atomic E-state index is 9.38. The molecular weight excluding hydrogens is 295 g/mol. The summed E-state index contributed by atoms with van der Waals surface area (Å²) in [5.41, 5.74) is 0. The maximum Gasteiger partial charge on any atom is 0.185 e. The number of hydrogen-bond donors (Lipinski definition) is 4. The van der Waals surface area contributed by atoms with Gasteiger partial charge in [0.1, 0.15) is 47.4 Å². The molecule has 78 valence electrons. The normalized spacial score (nSPS) is 46.4. The molecule has 13 heavy (non-hydrogen) atoms. The summed E-state index contributed by atoms with van der Waals surface area (Å²) >= 11 is 1.49. The minimum atomic E-state index is -1.34. The molecule has 0 spiro atoms. The average molecular weight is 306 g/mol. The fraction of sp³-hybridized carbons (Fsp3) is 1.00. The zero-order chi connectivity index (χ0) is 10.0. The number of hydrogen-bond acceptors (Lipinski definition) is 6. The Morgan fingerprint density at radius 1 is 1.23 bits per heavy atom. The predicted molar refractivity (Wildman–Crippen MR) is 48.9 cm³/mol. The Balaban J connectivity index is 2.66. The standard InChI is InChI=1S/C6H11IO6/c7-13-5-4(10)3(9)2(1-8)12-6(5)11/h2-6,8-11H,1H2/t2-,3-,4+,5+,6+/m1/s1. The molecule has 1 heterocycles. The van der Waals surface area contributed by atoms with Crippen molar-refractivity contribution in [1.82, 2.24) is 0 Å². The zero-order valence-electron chi connectivity index (χ0n) is 6.58. The molecule has 1 saturated heterocycles. The van der Waals surface area contributed by atoms with Gasteiger partial charge in [0.2, 0.25) is 0 Å². The molecule has 0 amide bonds.